The molecule has 1 amide bonds. The average molecular weight is 634 g/mol. The number of amides is 1. The van der Waals surface area contributed by atoms with Gasteiger partial charge in [0.15, 0.2) is 0 Å². The second-order valence-corrected chi connectivity index (χ2v) is 13.9. The molecule has 4 rings (SSSR count). The normalized spacial score (nSPS) is 15.8. The van der Waals surface area contributed by atoms with Gasteiger partial charge in [0.2, 0.25) is 10.0 Å². The quantitative estimate of drug-likeness (QED) is 0.161. The molecule has 0 spiro atoms. The summed E-state index contributed by atoms with van der Waals surface area (Å²) >= 11 is 0. The monoisotopic (exact) mass is 633 g/mol. The minimum Gasteiger partial charge on any atom is -0.445 e. The lowest BCUT2D eigenvalue weighted by Crippen LogP contribution is -2.50. The van der Waals surface area contributed by atoms with Gasteiger partial charge in [0.05, 0.1) is 11.5 Å². The van der Waals surface area contributed by atoms with Gasteiger partial charge in [-0.2, -0.15) is 4.31 Å². The van der Waals surface area contributed by atoms with E-state index in [9.17, 15) is 18.3 Å². The van der Waals surface area contributed by atoms with Crippen molar-refractivity contribution >= 4 is 16.1 Å². The van der Waals surface area contributed by atoms with Gasteiger partial charge in [-0.05, 0) is 61.9 Å². The van der Waals surface area contributed by atoms with Gasteiger partial charge in [-0.3, -0.25) is 0 Å². The molecule has 0 bridgehead atoms. The highest BCUT2D eigenvalue weighted by Gasteiger charge is 2.37. The van der Waals surface area contributed by atoms with Gasteiger partial charge in [-0.1, -0.05) is 84.9 Å². The molecular formula is C36H47N3O5S. The lowest BCUT2D eigenvalue weighted by molar-refractivity contribution is 0.0573. The summed E-state index contributed by atoms with van der Waals surface area (Å²) in [5.41, 5.74) is 1.08. The number of piperidine rings is 1. The first-order valence-electron chi connectivity index (χ1n) is 15.8. The predicted octanol–water partition coefficient (Wildman–Crippen LogP) is 5.70. The van der Waals surface area contributed by atoms with Crippen molar-refractivity contribution in [3.63, 3.8) is 0 Å². The molecular weight excluding hydrogens is 586 g/mol. The highest BCUT2D eigenvalue weighted by atomic mass is 32.2. The van der Waals surface area contributed by atoms with E-state index in [0.29, 0.717) is 19.5 Å². The number of unbranched alkanes of at least 4 members (excludes halogenated alkanes) is 1. The van der Waals surface area contributed by atoms with E-state index in [0.717, 1.165) is 49.9 Å². The fraction of sp³-hybridized carbons (Fsp3) is 0.417. The first-order chi connectivity index (χ1) is 21.8. The standard InChI is InChI=1S/C36H47N3O5S/c1-3-4-14-24-39(35(41)44-28-31-15-8-5-9-16-31)33-21-25-38(26-22-33)27-23-36(30-40,32-17-10-6-11-18-32)29-37(2)45(42,43)34-19-12-7-13-20-34/h3,5-13,15-20,33,40H,1,4,14,21-30H2,2H3. The topological polar surface area (TPSA) is 90.4 Å². The molecule has 45 heavy (non-hydrogen) atoms. The Bertz CT molecular complexity index is 1430. The van der Waals surface area contributed by atoms with E-state index in [-0.39, 0.29) is 36.8 Å². The Morgan fingerprint density at radius 2 is 1.60 bits per heavy atom. The minimum absolute atomic E-state index is 0.0770. The number of rotatable bonds is 16. The molecule has 1 heterocycles. The van der Waals surface area contributed by atoms with Crippen LogP contribution in [0, 0.1) is 0 Å². The van der Waals surface area contributed by atoms with Crippen LogP contribution in [0.3, 0.4) is 0 Å². The summed E-state index contributed by atoms with van der Waals surface area (Å²) in [6, 6.07) is 27.9. The van der Waals surface area contributed by atoms with Crippen LogP contribution in [0.4, 0.5) is 4.79 Å². The molecule has 1 aliphatic heterocycles. The van der Waals surface area contributed by atoms with Crippen LogP contribution < -0.4 is 0 Å². The van der Waals surface area contributed by atoms with Crippen LogP contribution in [0.15, 0.2) is 109 Å². The fourth-order valence-electron chi connectivity index (χ4n) is 6.07. The molecule has 1 fully saturated rings. The zero-order valence-corrected chi connectivity index (χ0v) is 27.2. The third kappa shape index (κ3) is 9.26. The van der Waals surface area contributed by atoms with Crippen LogP contribution in [0.5, 0.6) is 0 Å². The summed E-state index contributed by atoms with van der Waals surface area (Å²) in [7, 11) is -2.16. The number of carbonyl (C=O) groups excluding carboxylic acids is 1. The van der Waals surface area contributed by atoms with Crippen LogP contribution in [0.1, 0.15) is 43.2 Å². The Hall–Kier alpha value is -3.50. The Morgan fingerprint density at radius 1 is 1.00 bits per heavy atom. The molecule has 0 aromatic heterocycles. The minimum atomic E-state index is -3.74. The van der Waals surface area contributed by atoms with E-state index < -0.39 is 15.4 Å². The first-order valence-corrected chi connectivity index (χ1v) is 17.2. The number of aliphatic hydroxyl groups is 1. The fourth-order valence-corrected chi connectivity index (χ4v) is 7.35. The van der Waals surface area contributed by atoms with E-state index in [4.69, 9.17) is 4.74 Å². The Labute approximate surface area is 269 Å². The van der Waals surface area contributed by atoms with Crippen molar-refractivity contribution in [1.29, 1.82) is 0 Å². The number of likely N-dealkylation sites (tertiary alicyclic amines) is 1. The molecule has 1 atom stereocenters. The lowest BCUT2D eigenvalue weighted by Gasteiger charge is -2.41. The molecule has 0 saturated carbocycles. The maximum atomic E-state index is 13.4. The molecule has 1 saturated heterocycles. The molecule has 8 nitrogen and oxygen atoms in total. The summed E-state index contributed by atoms with van der Waals surface area (Å²) in [5.74, 6) is 0. The molecule has 0 radical (unpaired) electrons. The molecule has 1 aliphatic rings. The van der Waals surface area contributed by atoms with Crippen molar-refractivity contribution < 1.29 is 23.1 Å². The maximum Gasteiger partial charge on any atom is 0.410 e. The Morgan fingerprint density at radius 3 is 2.20 bits per heavy atom. The van der Waals surface area contributed by atoms with Gasteiger partial charge in [0.25, 0.3) is 0 Å². The maximum absolute atomic E-state index is 13.4. The van der Waals surface area contributed by atoms with E-state index in [1.54, 1.807) is 37.4 Å². The van der Waals surface area contributed by atoms with Crippen molar-refractivity contribution in [2.45, 2.75) is 55.1 Å². The van der Waals surface area contributed by atoms with Gasteiger partial charge in [0, 0.05) is 44.7 Å². The van der Waals surface area contributed by atoms with Gasteiger partial charge in [-0.15, -0.1) is 6.58 Å². The number of aliphatic hydroxyl groups excluding tert-OH is 1. The number of likely N-dealkylation sites (N-methyl/N-ethyl adjacent to an activating group) is 1. The highest BCUT2D eigenvalue weighted by Crippen LogP contribution is 2.32. The van der Waals surface area contributed by atoms with Crippen molar-refractivity contribution in [2.75, 3.05) is 46.4 Å². The van der Waals surface area contributed by atoms with E-state index in [2.05, 4.69) is 11.5 Å². The number of nitrogens with zero attached hydrogens (tertiary/aromatic N) is 3. The van der Waals surface area contributed by atoms with E-state index in [1.807, 2.05) is 71.6 Å². The Balaban J connectivity index is 1.41. The van der Waals surface area contributed by atoms with Gasteiger partial charge in [-0.25, -0.2) is 13.2 Å². The van der Waals surface area contributed by atoms with Crippen LogP contribution in [0.2, 0.25) is 0 Å². The van der Waals surface area contributed by atoms with Gasteiger partial charge >= 0.3 is 6.09 Å². The van der Waals surface area contributed by atoms with Crippen LogP contribution >= 0.6 is 0 Å². The largest absolute Gasteiger partial charge is 0.445 e. The van der Waals surface area contributed by atoms with Gasteiger partial charge < -0.3 is 19.6 Å². The number of sulfonamides is 1. The highest BCUT2D eigenvalue weighted by molar-refractivity contribution is 7.89. The van der Waals surface area contributed by atoms with Crippen LogP contribution in [-0.2, 0) is 26.8 Å². The molecule has 9 heteroatoms. The molecule has 1 N–H and O–H groups in total. The molecule has 242 valence electrons. The zero-order chi connectivity index (χ0) is 32.1. The third-order valence-electron chi connectivity index (χ3n) is 8.82. The summed E-state index contributed by atoms with van der Waals surface area (Å²) in [6.45, 7) is 6.92. The third-order valence-corrected chi connectivity index (χ3v) is 10.6. The summed E-state index contributed by atoms with van der Waals surface area (Å²) < 4.78 is 33.9. The molecule has 1 unspecified atom stereocenters. The van der Waals surface area contributed by atoms with Crippen molar-refractivity contribution in [3.05, 3.63) is 115 Å². The van der Waals surface area contributed by atoms with Crippen molar-refractivity contribution in [1.82, 2.24) is 14.1 Å². The lowest BCUT2D eigenvalue weighted by atomic mass is 9.77. The van der Waals surface area contributed by atoms with Crippen molar-refractivity contribution in [2.24, 2.45) is 0 Å². The second-order valence-electron chi connectivity index (χ2n) is 11.9. The number of hydrogen-bond acceptors (Lipinski definition) is 6. The van der Waals surface area contributed by atoms with E-state index >= 15 is 0 Å². The molecule has 3 aromatic carbocycles. The SMILES string of the molecule is C=CCCCN(C(=O)OCc1ccccc1)C1CCN(CCC(CO)(CN(C)S(=O)(=O)c2ccccc2)c2ccccc2)CC1. The number of allylic oxidation sites excluding steroid dienone is 1. The number of benzene rings is 3. The summed E-state index contributed by atoms with van der Waals surface area (Å²) in [5, 5.41) is 10.9. The number of carbonyl (C=O) groups is 1. The smallest absolute Gasteiger partial charge is 0.410 e. The van der Waals surface area contributed by atoms with Gasteiger partial charge in [0.1, 0.15) is 6.61 Å². The zero-order valence-electron chi connectivity index (χ0n) is 26.3. The predicted molar refractivity (Wildman–Crippen MR) is 178 cm³/mol. The Kier molecular flexibility index (Phi) is 12.8. The first kappa shape index (κ1) is 34.4. The number of ether oxygens (including phenoxy) is 1. The average Bonchev–Trinajstić information content (AvgIpc) is 3.09. The van der Waals surface area contributed by atoms with Crippen LogP contribution in [0.25, 0.3) is 0 Å². The van der Waals surface area contributed by atoms with Crippen LogP contribution in [-0.4, -0.2) is 86.1 Å². The van der Waals surface area contributed by atoms with E-state index in [1.165, 1.54) is 4.31 Å². The van der Waals surface area contributed by atoms with Crippen molar-refractivity contribution in [3.8, 4) is 0 Å². The summed E-state index contributed by atoms with van der Waals surface area (Å²) in [6.07, 6.45) is 5.46. The summed E-state index contributed by atoms with van der Waals surface area (Å²) in [4.78, 5) is 17.7. The molecule has 3 aromatic rings. The molecule has 0 aliphatic carbocycles. The number of hydrogen-bond donors (Lipinski definition) is 1. The second kappa shape index (κ2) is 16.7.